The van der Waals surface area contributed by atoms with Crippen molar-refractivity contribution < 1.29 is 4.74 Å². The van der Waals surface area contributed by atoms with Crippen LogP contribution in [0.15, 0.2) is 60.7 Å². The molecule has 2 rings (SSSR count). The third-order valence-electron chi connectivity index (χ3n) is 2.95. The van der Waals surface area contributed by atoms with Crippen LogP contribution in [0.5, 0.6) is 5.75 Å². The summed E-state index contributed by atoms with van der Waals surface area (Å²) in [6.45, 7) is 12.5. The molecule has 98 valence electrons. The lowest BCUT2D eigenvalue weighted by Gasteiger charge is -2.14. The fourth-order valence-corrected chi connectivity index (χ4v) is 2.14. The molecule has 0 N–H and O–H groups in total. The van der Waals surface area contributed by atoms with E-state index in [1.807, 2.05) is 19.9 Å². The summed E-state index contributed by atoms with van der Waals surface area (Å²) in [5, 5.41) is 2.48. The quantitative estimate of drug-likeness (QED) is 0.687. The van der Waals surface area contributed by atoms with Crippen LogP contribution in [0, 0.1) is 0 Å². The zero-order chi connectivity index (χ0) is 13.8. The maximum Gasteiger partial charge on any atom is 0.123 e. The van der Waals surface area contributed by atoms with E-state index in [0.29, 0.717) is 6.61 Å². The van der Waals surface area contributed by atoms with Crippen molar-refractivity contribution >= 4 is 10.8 Å². The first-order chi connectivity index (χ1) is 9.08. The predicted molar refractivity (Wildman–Crippen MR) is 82.8 cm³/mol. The van der Waals surface area contributed by atoms with Gasteiger partial charge in [-0.15, -0.1) is 0 Å². The van der Waals surface area contributed by atoms with Crippen LogP contribution in [0.3, 0.4) is 0 Å². The van der Waals surface area contributed by atoms with E-state index < -0.39 is 0 Å². The Kier molecular flexibility index (Phi) is 4.06. The van der Waals surface area contributed by atoms with E-state index in [9.17, 15) is 0 Å². The Bertz CT molecular complexity index is 623. The summed E-state index contributed by atoms with van der Waals surface area (Å²) in [4.78, 5) is 0. The van der Waals surface area contributed by atoms with Crippen molar-refractivity contribution in [3.05, 3.63) is 66.3 Å². The molecule has 0 heterocycles. The molecule has 0 fully saturated rings. The summed E-state index contributed by atoms with van der Waals surface area (Å²) in [6, 6.07) is 12.5. The van der Waals surface area contributed by atoms with E-state index in [0.717, 1.165) is 23.3 Å². The lowest BCUT2D eigenvalue weighted by Crippen LogP contribution is -2.01. The molecule has 0 atom stereocenters. The van der Waals surface area contributed by atoms with Crippen LogP contribution < -0.4 is 4.74 Å². The second-order valence-corrected chi connectivity index (χ2v) is 5.14. The summed E-state index contributed by atoms with van der Waals surface area (Å²) in [7, 11) is 0. The Balaban J connectivity index is 2.49. The van der Waals surface area contributed by atoms with Gasteiger partial charge in [0, 0.05) is 5.56 Å². The predicted octanol–water partition coefficient (Wildman–Crippen LogP) is 4.91. The Morgan fingerprint density at radius 2 is 1.74 bits per heavy atom. The molecule has 0 saturated heterocycles. The van der Waals surface area contributed by atoms with E-state index in [1.165, 1.54) is 16.3 Å². The van der Waals surface area contributed by atoms with Gasteiger partial charge >= 0.3 is 0 Å². The minimum absolute atomic E-state index is 0.557. The molecule has 2 aromatic rings. The third kappa shape index (κ3) is 3.25. The Morgan fingerprint density at radius 1 is 1.00 bits per heavy atom. The van der Waals surface area contributed by atoms with E-state index in [2.05, 4.69) is 43.5 Å². The molecule has 19 heavy (non-hydrogen) atoms. The molecule has 2 aromatic carbocycles. The number of allylic oxidation sites excluding steroid dienone is 1. The first kappa shape index (κ1) is 13.4. The molecule has 0 aliphatic carbocycles. The smallest absolute Gasteiger partial charge is 0.123 e. The monoisotopic (exact) mass is 252 g/mol. The zero-order valence-electron chi connectivity index (χ0n) is 11.7. The van der Waals surface area contributed by atoms with Gasteiger partial charge in [-0.3, -0.25) is 0 Å². The molecule has 0 aliphatic heterocycles. The van der Waals surface area contributed by atoms with Crippen LogP contribution in [0.1, 0.15) is 19.4 Å². The molecule has 0 amide bonds. The fourth-order valence-electron chi connectivity index (χ4n) is 2.14. The van der Waals surface area contributed by atoms with Crippen molar-refractivity contribution in [2.24, 2.45) is 0 Å². The normalized spacial score (nSPS) is 10.4. The van der Waals surface area contributed by atoms with Gasteiger partial charge in [0.05, 0.1) is 0 Å². The number of ether oxygens (including phenoxy) is 1. The van der Waals surface area contributed by atoms with E-state index in [1.54, 1.807) is 0 Å². The Labute approximate surface area is 115 Å². The molecular formula is C18H20O. The molecule has 0 unspecified atom stereocenters. The highest BCUT2D eigenvalue weighted by Crippen LogP contribution is 2.30. The second-order valence-electron chi connectivity index (χ2n) is 5.14. The van der Waals surface area contributed by atoms with Crippen LogP contribution in [-0.4, -0.2) is 6.61 Å². The Morgan fingerprint density at radius 3 is 2.42 bits per heavy atom. The largest absolute Gasteiger partial charge is 0.489 e. The first-order valence-electron chi connectivity index (χ1n) is 6.50. The van der Waals surface area contributed by atoms with Gasteiger partial charge in [-0.2, -0.15) is 0 Å². The van der Waals surface area contributed by atoms with Gasteiger partial charge < -0.3 is 4.74 Å². The highest BCUT2D eigenvalue weighted by Gasteiger charge is 2.09. The second kappa shape index (κ2) is 5.75. The van der Waals surface area contributed by atoms with Crippen LogP contribution in [0.25, 0.3) is 10.8 Å². The average Bonchev–Trinajstić information content (AvgIpc) is 2.37. The minimum atomic E-state index is 0.557. The van der Waals surface area contributed by atoms with Gasteiger partial charge in [-0.05, 0) is 42.7 Å². The topological polar surface area (TPSA) is 9.23 Å². The van der Waals surface area contributed by atoms with Gasteiger partial charge in [0.15, 0.2) is 0 Å². The summed E-state index contributed by atoms with van der Waals surface area (Å²) >= 11 is 0. The Hall–Kier alpha value is -2.02. The van der Waals surface area contributed by atoms with Crippen LogP contribution >= 0.6 is 0 Å². The van der Waals surface area contributed by atoms with Crippen molar-refractivity contribution in [3.8, 4) is 5.75 Å². The molecule has 0 saturated carbocycles. The van der Waals surface area contributed by atoms with Crippen LogP contribution in [0.4, 0.5) is 0 Å². The number of hydrogen-bond donors (Lipinski definition) is 0. The first-order valence-corrected chi connectivity index (χ1v) is 6.50. The molecular weight excluding hydrogens is 232 g/mol. The van der Waals surface area contributed by atoms with E-state index >= 15 is 0 Å². The molecule has 0 aliphatic rings. The molecule has 0 bridgehead atoms. The molecule has 0 spiro atoms. The lowest BCUT2D eigenvalue weighted by molar-refractivity contribution is 0.350. The summed E-state index contributed by atoms with van der Waals surface area (Å²) in [5.74, 6) is 0.935. The molecule has 0 radical (unpaired) electrons. The minimum Gasteiger partial charge on any atom is -0.489 e. The maximum atomic E-state index is 5.87. The molecule has 1 heteroatoms. The van der Waals surface area contributed by atoms with Crippen molar-refractivity contribution in [2.45, 2.75) is 20.3 Å². The van der Waals surface area contributed by atoms with Gasteiger partial charge in [-0.1, -0.05) is 49.1 Å². The van der Waals surface area contributed by atoms with E-state index in [-0.39, 0.29) is 0 Å². The number of rotatable bonds is 5. The lowest BCUT2D eigenvalue weighted by atomic mass is 9.98. The van der Waals surface area contributed by atoms with E-state index in [4.69, 9.17) is 4.74 Å². The van der Waals surface area contributed by atoms with Crippen molar-refractivity contribution in [1.82, 2.24) is 0 Å². The number of hydrogen-bond acceptors (Lipinski definition) is 1. The third-order valence-corrected chi connectivity index (χ3v) is 2.95. The number of fused-ring (bicyclic) bond motifs is 1. The highest BCUT2D eigenvalue weighted by atomic mass is 16.5. The van der Waals surface area contributed by atoms with Gasteiger partial charge in [0.2, 0.25) is 0 Å². The molecule has 0 aromatic heterocycles. The summed E-state index contributed by atoms with van der Waals surface area (Å²) < 4.78 is 5.87. The molecule has 1 nitrogen and oxygen atoms in total. The van der Waals surface area contributed by atoms with Crippen LogP contribution in [-0.2, 0) is 6.42 Å². The summed E-state index contributed by atoms with van der Waals surface area (Å²) in [6.07, 6.45) is 0.840. The standard InChI is InChI=1S/C18H20O/c1-13(2)11-17-16-8-6-5-7-15(16)9-10-18(17)19-12-14(3)4/h5-10H,1,3,11-12H2,2,4H3. The summed E-state index contributed by atoms with van der Waals surface area (Å²) in [5.41, 5.74) is 3.37. The van der Waals surface area contributed by atoms with Gasteiger partial charge in [0.25, 0.3) is 0 Å². The fraction of sp³-hybridized carbons (Fsp3) is 0.222. The van der Waals surface area contributed by atoms with Gasteiger partial charge in [-0.25, -0.2) is 0 Å². The average molecular weight is 252 g/mol. The maximum absolute atomic E-state index is 5.87. The van der Waals surface area contributed by atoms with Crippen LogP contribution in [0.2, 0.25) is 0 Å². The van der Waals surface area contributed by atoms with Gasteiger partial charge in [0.1, 0.15) is 12.4 Å². The van der Waals surface area contributed by atoms with Crippen molar-refractivity contribution in [2.75, 3.05) is 6.61 Å². The van der Waals surface area contributed by atoms with Crippen molar-refractivity contribution in [1.29, 1.82) is 0 Å². The van der Waals surface area contributed by atoms with Crippen molar-refractivity contribution in [3.63, 3.8) is 0 Å². The SMILES string of the molecule is C=C(C)COc1ccc2ccccc2c1CC(=C)C. The zero-order valence-corrected chi connectivity index (χ0v) is 11.7. The number of benzene rings is 2. The highest BCUT2D eigenvalue weighted by molar-refractivity contribution is 5.88.